The lowest BCUT2D eigenvalue weighted by Crippen LogP contribution is -2.44. The summed E-state index contributed by atoms with van der Waals surface area (Å²) >= 11 is 0. The van der Waals surface area contributed by atoms with Crippen LogP contribution >= 0.6 is 0 Å². The first-order valence-electron chi connectivity index (χ1n) is 9.79. The molecule has 148 valence electrons. The van der Waals surface area contributed by atoms with E-state index in [4.69, 9.17) is 15.5 Å². The second-order valence-electron chi connectivity index (χ2n) is 7.72. The third kappa shape index (κ3) is 3.30. The van der Waals surface area contributed by atoms with Crippen LogP contribution in [0.1, 0.15) is 36.8 Å². The quantitative estimate of drug-likeness (QED) is 0.609. The van der Waals surface area contributed by atoms with Crippen molar-refractivity contribution in [2.45, 2.75) is 37.6 Å². The zero-order valence-corrected chi connectivity index (χ0v) is 15.8. The van der Waals surface area contributed by atoms with E-state index in [9.17, 15) is 14.7 Å². The number of aliphatic hydroxyl groups excluding tert-OH is 1. The lowest BCUT2D eigenvalue weighted by atomic mass is 9.81. The SMILES string of the molecule is NC(=O)C(O)=C(C(=O)N1CCOCC1)C1=NC2(CCCC2)Cc2ccccc21. The first-order chi connectivity index (χ1) is 13.5. The standard InChI is InChI=1S/C21H25N3O4/c22-19(26)18(25)16(20(27)24-9-11-28-12-10-24)17-15-6-2-1-5-14(15)13-21(23-17)7-3-4-8-21/h1-2,5-6,25H,3-4,7-13H2,(H2,22,26). The second-order valence-corrected chi connectivity index (χ2v) is 7.72. The van der Waals surface area contributed by atoms with Gasteiger partial charge in [-0.3, -0.25) is 14.6 Å². The third-order valence-electron chi connectivity index (χ3n) is 5.89. The Bertz CT molecular complexity index is 862. The monoisotopic (exact) mass is 383 g/mol. The molecule has 2 amide bonds. The number of carbonyl (C=O) groups excluding carboxylic acids is 2. The molecule has 1 saturated heterocycles. The predicted molar refractivity (Wildman–Crippen MR) is 104 cm³/mol. The van der Waals surface area contributed by atoms with Gasteiger partial charge in [0, 0.05) is 18.7 Å². The van der Waals surface area contributed by atoms with E-state index in [1.54, 1.807) is 4.90 Å². The molecular formula is C21H25N3O4. The van der Waals surface area contributed by atoms with Crippen molar-refractivity contribution >= 4 is 17.5 Å². The van der Waals surface area contributed by atoms with E-state index >= 15 is 0 Å². The lowest BCUT2D eigenvalue weighted by Gasteiger charge is -2.34. The number of carbonyl (C=O) groups is 2. The Balaban J connectivity index is 1.86. The number of nitrogens with zero attached hydrogens (tertiary/aromatic N) is 2. The molecule has 1 spiro atoms. The third-order valence-corrected chi connectivity index (χ3v) is 5.89. The Labute approximate surface area is 163 Å². The molecule has 28 heavy (non-hydrogen) atoms. The number of hydrogen-bond donors (Lipinski definition) is 2. The van der Waals surface area contributed by atoms with Crippen molar-refractivity contribution in [2.24, 2.45) is 10.7 Å². The smallest absolute Gasteiger partial charge is 0.284 e. The molecule has 2 fully saturated rings. The molecule has 0 aromatic heterocycles. The fourth-order valence-corrected chi connectivity index (χ4v) is 4.47. The summed E-state index contributed by atoms with van der Waals surface area (Å²) in [6.07, 6.45) is 4.83. The van der Waals surface area contributed by atoms with Crippen LogP contribution in [0.5, 0.6) is 0 Å². The van der Waals surface area contributed by atoms with Gasteiger partial charge in [-0.1, -0.05) is 37.1 Å². The van der Waals surface area contributed by atoms with Crippen LogP contribution in [0.2, 0.25) is 0 Å². The molecule has 3 aliphatic rings. The molecule has 0 bridgehead atoms. The highest BCUT2D eigenvalue weighted by molar-refractivity contribution is 6.31. The minimum Gasteiger partial charge on any atom is -0.502 e. The highest BCUT2D eigenvalue weighted by atomic mass is 16.5. The number of rotatable bonds is 3. The molecule has 4 rings (SSSR count). The van der Waals surface area contributed by atoms with Gasteiger partial charge in [0.25, 0.3) is 11.8 Å². The van der Waals surface area contributed by atoms with Crippen molar-refractivity contribution in [3.63, 3.8) is 0 Å². The molecule has 0 atom stereocenters. The van der Waals surface area contributed by atoms with Crippen LogP contribution < -0.4 is 5.73 Å². The van der Waals surface area contributed by atoms with Gasteiger partial charge < -0.3 is 20.5 Å². The molecule has 1 aromatic rings. The maximum absolute atomic E-state index is 13.3. The van der Waals surface area contributed by atoms with Gasteiger partial charge in [-0.05, 0) is 24.8 Å². The Morgan fingerprint density at radius 2 is 1.82 bits per heavy atom. The van der Waals surface area contributed by atoms with E-state index in [1.165, 1.54) is 0 Å². The van der Waals surface area contributed by atoms with Crippen LogP contribution in [0.3, 0.4) is 0 Å². The fourth-order valence-electron chi connectivity index (χ4n) is 4.47. The molecule has 0 unspecified atom stereocenters. The van der Waals surface area contributed by atoms with E-state index in [2.05, 4.69) is 0 Å². The summed E-state index contributed by atoms with van der Waals surface area (Å²) in [4.78, 5) is 31.7. The van der Waals surface area contributed by atoms with Gasteiger partial charge in [0.05, 0.1) is 24.5 Å². The average Bonchev–Trinajstić information content (AvgIpc) is 3.15. The molecule has 7 nitrogen and oxygen atoms in total. The molecule has 2 heterocycles. The van der Waals surface area contributed by atoms with Crippen molar-refractivity contribution in [1.82, 2.24) is 4.90 Å². The van der Waals surface area contributed by atoms with Gasteiger partial charge in [-0.15, -0.1) is 0 Å². The summed E-state index contributed by atoms with van der Waals surface area (Å²) < 4.78 is 5.32. The Morgan fingerprint density at radius 1 is 1.14 bits per heavy atom. The maximum Gasteiger partial charge on any atom is 0.284 e. The number of morpholine rings is 1. The van der Waals surface area contributed by atoms with E-state index in [0.29, 0.717) is 32.0 Å². The number of aliphatic hydroxyl groups is 1. The average molecular weight is 383 g/mol. The van der Waals surface area contributed by atoms with Gasteiger partial charge in [0.15, 0.2) is 5.76 Å². The summed E-state index contributed by atoms with van der Waals surface area (Å²) in [5, 5.41) is 10.5. The topological polar surface area (TPSA) is 105 Å². The first-order valence-corrected chi connectivity index (χ1v) is 9.79. The molecule has 3 N–H and O–H groups in total. The zero-order chi connectivity index (χ0) is 19.7. The van der Waals surface area contributed by atoms with Crippen LogP contribution in [0.15, 0.2) is 40.6 Å². The summed E-state index contributed by atoms with van der Waals surface area (Å²) in [6.45, 7) is 1.63. The second kappa shape index (κ2) is 7.39. The van der Waals surface area contributed by atoms with Gasteiger partial charge in [0.1, 0.15) is 5.57 Å². The molecule has 2 aliphatic heterocycles. The van der Waals surface area contributed by atoms with Gasteiger partial charge in [-0.2, -0.15) is 0 Å². The number of fused-ring (bicyclic) bond motifs is 1. The number of primary amides is 1. The largest absolute Gasteiger partial charge is 0.502 e. The number of aliphatic imine (C=N–C) groups is 1. The van der Waals surface area contributed by atoms with Crippen LogP contribution in [0.4, 0.5) is 0 Å². The number of nitrogens with two attached hydrogens (primary N) is 1. The summed E-state index contributed by atoms with van der Waals surface area (Å²) in [6, 6.07) is 7.75. The van der Waals surface area contributed by atoms with E-state index in [-0.39, 0.29) is 11.1 Å². The van der Waals surface area contributed by atoms with Crippen LogP contribution in [-0.4, -0.2) is 59.4 Å². The van der Waals surface area contributed by atoms with E-state index < -0.39 is 17.6 Å². The van der Waals surface area contributed by atoms with E-state index in [0.717, 1.165) is 43.2 Å². The molecule has 1 aromatic carbocycles. The zero-order valence-electron chi connectivity index (χ0n) is 15.8. The minimum absolute atomic E-state index is 0.0900. The normalized spacial score (nSPS) is 21.7. The maximum atomic E-state index is 13.3. The van der Waals surface area contributed by atoms with Gasteiger partial charge >= 0.3 is 0 Å². The Kier molecular flexibility index (Phi) is 4.93. The Morgan fingerprint density at radius 3 is 2.50 bits per heavy atom. The number of hydrogen-bond acceptors (Lipinski definition) is 5. The summed E-state index contributed by atoms with van der Waals surface area (Å²) in [5.41, 5.74) is 7.26. The Hall–Kier alpha value is -2.67. The molecule has 0 radical (unpaired) electrons. The number of ether oxygens (including phenoxy) is 1. The van der Waals surface area contributed by atoms with Gasteiger partial charge in [-0.25, -0.2) is 0 Å². The molecule has 1 saturated carbocycles. The lowest BCUT2D eigenvalue weighted by molar-refractivity contribution is -0.131. The predicted octanol–water partition coefficient (Wildman–Crippen LogP) is 1.50. The first kappa shape index (κ1) is 18.7. The number of amides is 2. The fraction of sp³-hybridized carbons (Fsp3) is 0.476. The van der Waals surface area contributed by atoms with Crippen LogP contribution in [0, 0.1) is 0 Å². The van der Waals surface area contributed by atoms with E-state index in [1.807, 2.05) is 24.3 Å². The van der Waals surface area contributed by atoms with Crippen molar-refractivity contribution in [3.8, 4) is 0 Å². The summed E-state index contributed by atoms with van der Waals surface area (Å²) in [7, 11) is 0. The molecule has 1 aliphatic carbocycles. The molecule has 7 heteroatoms. The highest BCUT2D eigenvalue weighted by Gasteiger charge is 2.41. The van der Waals surface area contributed by atoms with Crippen molar-refractivity contribution in [1.29, 1.82) is 0 Å². The van der Waals surface area contributed by atoms with Crippen LogP contribution in [-0.2, 0) is 20.7 Å². The molecular weight excluding hydrogens is 358 g/mol. The van der Waals surface area contributed by atoms with Crippen LogP contribution in [0.25, 0.3) is 0 Å². The summed E-state index contributed by atoms with van der Waals surface area (Å²) in [5.74, 6) is -2.17. The van der Waals surface area contributed by atoms with Crippen molar-refractivity contribution < 1.29 is 19.4 Å². The number of benzene rings is 1. The minimum atomic E-state index is -1.03. The van der Waals surface area contributed by atoms with Crippen molar-refractivity contribution in [3.05, 3.63) is 46.7 Å². The highest BCUT2D eigenvalue weighted by Crippen LogP contribution is 2.41. The van der Waals surface area contributed by atoms with Crippen molar-refractivity contribution in [2.75, 3.05) is 26.3 Å². The van der Waals surface area contributed by atoms with Gasteiger partial charge in [0.2, 0.25) is 0 Å².